The van der Waals surface area contributed by atoms with Crippen molar-refractivity contribution in [2.75, 3.05) is 10.6 Å². The number of hydrogen-bond acceptors (Lipinski definition) is 2. The number of hydrogen-bond donors (Lipinski definition) is 2. The summed E-state index contributed by atoms with van der Waals surface area (Å²) in [5.41, 5.74) is 4.52. The minimum absolute atomic E-state index is 0.287. The van der Waals surface area contributed by atoms with Gasteiger partial charge in [-0.3, -0.25) is 4.99 Å². The summed E-state index contributed by atoms with van der Waals surface area (Å²) in [6, 6.07) is 10.6. The number of halogens is 1. The van der Waals surface area contributed by atoms with Gasteiger partial charge >= 0.3 is 0 Å². The first-order valence-corrected chi connectivity index (χ1v) is 10.4. The summed E-state index contributed by atoms with van der Waals surface area (Å²) in [4.78, 5) is 4.59. The lowest BCUT2D eigenvalue weighted by molar-refractivity contribution is 0.628. The maximum atomic E-state index is 13.5. The third kappa shape index (κ3) is 7.04. The number of nitrogens with one attached hydrogen (secondary N) is 2. The molecular weight excluding hydrogens is 369 g/mol. The van der Waals surface area contributed by atoms with Gasteiger partial charge in [0.2, 0.25) is 0 Å². The van der Waals surface area contributed by atoms with Crippen molar-refractivity contribution in [2.45, 2.75) is 54.4 Å². The molecule has 152 valence electrons. The Hall–Kier alpha value is -2.27. The van der Waals surface area contributed by atoms with E-state index in [0.717, 1.165) is 35.3 Å². The molecule has 0 aliphatic heterocycles. The second-order valence-corrected chi connectivity index (χ2v) is 6.76. The Morgan fingerprint density at radius 1 is 1.14 bits per heavy atom. The van der Waals surface area contributed by atoms with Gasteiger partial charge in [-0.15, -0.1) is 0 Å². The molecule has 1 atom stereocenters. The predicted octanol–water partition coefficient (Wildman–Crippen LogP) is 7.28. The monoisotopic (exact) mass is 401 g/mol. The molecule has 28 heavy (non-hydrogen) atoms. The molecule has 2 aromatic rings. The highest BCUT2D eigenvalue weighted by Crippen LogP contribution is 2.26. The fourth-order valence-electron chi connectivity index (χ4n) is 2.46. The Balaban J connectivity index is 0.00000190. The van der Waals surface area contributed by atoms with Gasteiger partial charge in [-0.05, 0) is 73.3 Å². The molecule has 0 radical (unpaired) electrons. The average Bonchev–Trinajstić information content (AvgIpc) is 2.70. The van der Waals surface area contributed by atoms with Crippen molar-refractivity contribution in [3.63, 3.8) is 0 Å². The van der Waals surface area contributed by atoms with Crippen molar-refractivity contribution >= 4 is 40.6 Å². The topological polar surface area (TPSA) is 36.4 Å². The molecule has 0 spiro atoms. The van der Waals surface area contributed by atoms with E-state index in [2.05, 4.69) is 29.5 Å². The summed E-state index contributed by atoms with van der Waals surface area (Å²) in [5, 5.41) is 6.72. The summed E-state index contributed by atoms with van der Waals surface area (Å²) in [6.45, 7) is 12.3. The highest BCUT2D eigenvalue weighted by atomic mass is 32.1. The van der Waals surface area contributed by atoms with E-state index in [0.29, 0.717) is 16.7 Å². The van der Waals surface area contributed by atoms with E-state index in [-0.39, 0.29) is 5.82 Å². The number of aliphatic imine (C=N–C) groups is 1. The number of rotatable bonds is 6. The van der Waals surface area contributed by atoms with Gasteiger partial charge in [-0.2, -0.15) is 0 Å². The smallest absolute Gasteiger partial charge is 0.175 e. The van der Waals surface area contributed by atoms with Gasteiger partial charge < -0.3 is 10.6 Å². The largest absolute Gasteiger partial charge is 0.332 e. The van der Waals surface area contributed by atoms with Crippen LogP contribution in [0.25, 0.3) is 0 Å². The Kier molecular flexibility index (Phi) is 10.4. The van der Waals surface area contributed by atoms with Crippen molar-refractivity contribution < 1.29 is 4.39 Å². The number of benzene rings is 2. The standard InChI is InChI=1S/C21H26FN3S.C2H6/c1-5-14(3)13-23-18-8-7-9-19(15(18)4)24-21(26)25-20-12-17(22)11-10-16(20)6-2;1-2/h7-14H,5-6H2,1-4H3,(H2,24,25,26);1-2H3. The van der Waals surface area contributed by atoms with Gasteiger partial charge in [0.1, 0.15) is 5.82 Å². The molecule has 0 bridgehead atoms. The fourth-order valence-corrected chi connectivity index (χ4v) is 2.68. The van der Waals surface area contributed by atoms with Crippen molar-refractivity contribution in [1.29, 1.82) is 0 Å². The second-order valence-electron chi connectivity index (χ2n) is 6.35. The SMILES string of the molecule is CC.CCc1ccc(F)cc1NC(=S)Nc1cccc(N=CC(C)CC)c1C. The maximum Gasteiger partial charge on any atom is 0.175 e. The summed E-state index contributed by atoms with van der Waals surface area (Å²) >= 11 is 5.41. The zero-order valence-electron chi connectivity index (χ0n) is 17.8. The summed E-state index contributed by atoms with van der Waals surface area (Å²) in [6.07, 6.45) is 3.83. The van der Waals surface area contributed by atoms with Gasteiger partial charge in [-0.25, -0.2) is 4.39 Å². The summed E-state index contributed by atoms with van der Waals surface area (Å²) in [5.74, 6) is 0.152. The molecule has 1 unspecified atom stereocenters. The van der Waals surface area contributed by atoms with Crippen LogP contribution < -0.4 is 10.6 Å². The van der Waals surface area contributed by atoms with Crippen LogP contribution in [-0.4, -0.2) is 11.3 Å². The van der Waals surface area contributed by atoms with E-state index in [9.17, 15) is 4.39 Å². The number of anilines is 2. The molecule has 0 fully saturated rings. The Bertz CT molecular complexity index is 802. The summed E-state index contributed by atoms with van der Waals surface area (Å²) in [7, 11) is 0. The maximum absolute atomic E-state index is 13.5. The van der Waals surface area contributed by atoms with Crippen molar-refractivity contribution in [3.05, 3.63) is 53.3 Å². The quantitative estimate of drug-likeness (QED) is 0.394. The number of thiocarbonyl (C=S) groups is 1. The van der Waals surface area contributed by atoms with Gasteiger partial charge in [0.15, 0.2) is 5.11 Å². The molecule has 0 aliphatic rings. The minimum Gasteiger partial charge on any atom is -0.332 e. The predicted molar refractivity (Wildman–Crippen MR) is 126 cm³/mol. The van der Waals surface area contributed by atoms with E-state index in [1.807, 2.05) is 52.1 Å². The molecule has 0 aliphatic carbocycles. The van der Waals surface area contributed by atoms with Crippen LogP contribution in [0.4, 0.5) is 21.5 Å². The molecule has 5 heteroatoms. The van der Waals surface area contributed by atoms with Crippen LogP contribution in [0, 0.1) is 18.7 Å². The van der Waals surface area contributed by atoms with Crippen LogP contribution in [0.1, 0.15) is 52.2 Å². The van der Waals surface area contributed by atoms with Crippen molar-refractivity contribution in [1.82, 2.24) is 0 Å². The minimum atomic E-state index is -0.287. The van der Waals surface area contributed by atoms with E-state index in [1.54, 1.807) is 6.07 Å². The first-order valence-electron chi connectivity index (χ1n) is 9.94. The van der Waals surface area contributed by atoms with Gasteiger partial charge in [0.05, 0.1) is 5.69 Å². The van der Waals surface area contributed by atoms with Crippen LogP contribution in [0.3, 0.4) is 0 Å². The Labute approximate surface area is 174 Å². The molecular formula is C23H32FN3S. The lowest BCUT2D eigenvalue weighted by Gasteiger charge is -2.15. The third-order valence-corrected chi connectivity index (χ3v) is 4.57. The molecule has 2 aromatic carbocycles. The zero-order chi connectivity index (χ0) is 21.1. The van der Waals surface area contributed by atoms with Crippen LogP contribution >= 0.6 is 12.2 Å². The van der Waals surface area contributed by atoms with Gasteiger partial charge in [0.25, 0.3) is 0 Å². The lowest BCUT2D eigenvalue weighted by Crippen LogP contribution is -2.20. The van der Waals surface area contributed by atoms with Gasteiger partial charge in [0, 0.05) is 17.6 Å². The highest BCUT2D eigenvalue weighted by Gasteiger charge is 2.08. The third-order valence-electron chi connectivity index (χ3n) is 4.37. The van der Waals surface area contributed by atoms with Crippen LogP contribution in [0.2, 0.25) is 0 Å². The second kappa shape index (κ2) is 12.2. The van der Waals surface area contributed by atoms with Crippen LogP contribution in [0.5, 0.6) is 0 Å². The zero-order valence-corrected chi connectivity index (χ0v) is 18.6. The van der Waals surface area contributed by atoms with E-state index in [1.165, 1.54) is 12.1 Å². The average molecular weight is 402 g/mol. The van der Waals surface area contributed by atoms with E-state index in [4.69, 9.17) is 12.2 Å². The Morgan fingerprint density at radius 2 is 1.82 bits per heavy atom. The molecule has 3 nitrogen and oxygen atoms in total. The Morgan fingerprint density at radius 3 is 2.46 bits per heavy atom. The van der Waals surface area contributed by atoms with Gasteiger partial charge in [-0.1, -0.05) is 46.8 Å². The van der Waals surface area contributed by atoms with E-state index < -0.39 is 0 Å². The van der Waals surface area contributed by atoms with Crippen LogP contribution in [0.15, 0.2) is 41.4 Å². The molecule has 0 aromatic heterocycles. The first kappa shape index (κ1) is 23.8. The molecule has 0 amide bonds. The van der Waals surface area contributed by atoms with Crippen molar-refractivity contribution in [3.8, 4) is 0 Å². The molecule has 0 saturated carbocycles. The fraction of sp³-hybridized carbons (Fsp3) is 0.391. The molecule has 2 N–H and O–H groups in total. The van der Waals surface area contributed by atoms with E-state index >= 15 is 0 Å². The molecule has 0 heterocycles. The first-order chi connectivity index (χ1) is 13.4. The van der Waals surface area contributed by atoms with Crippen molar-refractivity contribution in [2.24, 2.45) is 10.9 Å². The molecule has 2 rings (SSSR count). The molecule has 0 saturated heterocycles. The lowest BCUT2D eigenvalue weighted by atomic mass is 10.1. The summed E-state index contributed by atoms with van der Waals surface area (Å²) < 4.78 is 13.5. The highest BCUT2D eigenvalue weighted by molar-refractivity contribution is 7.80. The normalized spacial score (nSPS) is 11.5. The number of aryl methyl sites for hydroxylation is 1. The number of nitrogens with zero attached hydrogens (tertiary/aromatic N) is 1. The van der Waals surface area contributed by atoms with Crippen LogP contribution in [-0.2, 0) is 6.42 Å².